The van der Waals surface area contributed by atoms with E-state index in [9.17, 15) is 4.79 Å². The Morgan fingerprint density at radius 3 is 2.74 bits per heavy atom. The lowest BCUT2D eigenvalue weighted by Crippen LogP contribution is -2.33. The number of rotatable bonds is 4. The second-order valence-electron chi connectivity index (χ2n) is 5.52. The summed E-state index contributed by atoms with van der Waals surface area (Å²) in [4.78, 5) is 12.2. The fraction of sp³-hybridized carbons (Fsp3) is 0.562. The van der Waals surface area contributed by atoms with Crippen LogP contribution >= 0.6 is 0 Å². The van der Waals surface area contributed by atoms with Gasteiger partial charge < -0.3 is 10.6 Å². The van der Waals surface area contributed by atoms with Crippen LogP contribution in [0, 0.1) is 19.8 Å². The number of hydrogen-bond acceptors (Lipinski definition) is 2. The molecule has 3 nitrogen and oxygen atoms in total. The minimum absolute atomic E-state index is 0.0689. The number of benzene rings is 1. The molecule has 0 saturated carbocycles. The monoisotopic (exact) mass is 260 g/mol. The van der Waals surface area contributed by atoms with Crippen molar-refractivity contribution >= 4 is 5.91 Å². The van der Waals surface area contributed by atoms with E-state index >= 15 is 0 Å². The Morgan fingerprint density at radius 1 is 1.37 bits per heavy atom. The molecule has 0 spiro atoms. The third-order valence-electron chi connectivity index (χ3n) is 3.95. The summed E-state index contributed by atoms with van der Waals surface area (Å²) in [5.74, 6) is 0.784. The van der Waals surface area contributed by atoms with Crippen molar-refractivity contribution in [3.63, 3.8) is 0 Å². The van der Waals surface area contributed by atoms with Crippen LogP contribution < -0.4 is 10.6 Å². The van der Waals surface area contributed by atoms with Crippen LogP contribution in [0.4, 0.5) is 0 Å². The molecule has 2 N–H and O–H groups in total. The van der Waals surface area contributed by atoms with Crippen LogP contribution in [0.1, 0.15) is 40.7 Å². The number of carbonyl (C=O) groups is 1. The molecule has 1 heterocycles. The van der Waals surface area contributed by atoms with Gasteiger partial charge in [-0.1, -0.05) is 18.2 Å². The van der Waals surface area contributed by atoms with Crippen LogP contribution in [-0.2, 0) is 0 Å². The average molecular weight is 260 g/mol. The molecule has 1 aromatic rings. The Hall–Kier alpha value is -1.35. The standard InChI is InChI=1S/C16H24N2O/c1-12-5-3-6-13(2)15(12)16(19)18-10-8-14-7-4-9-17-11-14/h3,5-6,14,17H,4,7-11H2,1-2H3,(H,18,19). The summed E-state index contributed by atoms with van der Waals surface area (Å²) < 4.78 is 0. The Kier molecular flexibility index (Phi) is 4.97. The minimum Gasteiger partial charge on any atom is -0.352 e. The highest BCUT2D eigenvalue weighted by Gasteiger charge is 2.14. The van der Waals surface area contributed by atoms with Gasteiger partial charge in [0.1, 0.15) is 0 Å². The predicted octanol–water partition coefficient (Wildman–Crippen LogP) is 2.42. The zero-order valence-electron chi connectivity index (χ0n) is 12.0. The number of carbonyl (C=O) groups excluding carboxylic acids is 1. The third kappa shape index (κ3) is 3.80. The molecule has 2 rings (SSSR count). The average Bonchev–Trinajstić information content (AvgIpc) is 2.40. The number of hydrogen-bond donors (Lipinski definition) is 2. The predicted molar refractivity (Wildman–Crippen MR) is 78.5 cm³/mol. The fourth-order valence-corrected chi connectivity index (χ4v) is 2.82. The van der Waals surface area contributed by atoms with Crippen LogP contribution in [0.2, 0.25) is 0 Å². The molecular weight excluding hydrogens is 236 g/mol. The van der Waals surface area contributed by atoms with E-state index in [1.54, 1.807) is 0 Å². The van der Waals surface area contributed by atoms with Gasteiger partial charge in [-0.25, -0.2) is 0 Å². The van der Waals surface area contributed by atoms with Gasteiger partial charge in [0.25, 0.3) is 5.91 Å². The van der Waals surface area contributed by atoms with Crippen molar-refractivity contribution in [3.8, 4) is 0 Å². The van der Waals surface area contributed by atoms with Crippen molar-refractivity contribution in [1.82, 2.24) is 10.6 Å². The van der Waals surface area contributed by atoms with E-state index in [-0.39, 0.29) is 5.91 Å². The van der Waals surface area contributed by atoms with Crippen molar-refractivity contribution < 1.29 is 4.79 Å². The highest BCUT2D eigenvalue weighted by molar-refractivity contribution is 5.97. The van der Waals surface area contributed by atoms with E-state index in [1.165, 1.54) is 12.8 Å². The Morgan fingerprint density at radius 2 is 2.11 bits per heavy atom. The van der Waals surface area contributed by atoms with Crippen LogP contribution in [0.25, 0.3) is 0 Å². The van der Waals surface area contributed by atoms with E-state index in [0.29, 0.717) is 5.92 Å². The van der Waals surface area contributed by atoms with E-state index in [4.69, 9.17) is 0 Å². The molecule has 1 amide bonds. The Labute approximate surface area is 115 Å². The quantitative estimate of drug-likeness (QED) is 0.873. The zero-order chi connectivity index (χ0) is 13.7. The van der Waals surface area contributed by atoms with Gasteiger partial charge in [-0.3, -0.25) is 4.79 Å². The van der Waals surface area contributed by atoms with Crippen molar-refractivity contribution in [2.24, 2.45) is 5.92 Å². The van der Waals surface area contributed by atoms with Crippen molar-refractivity contribution in [2.75, 3.05) is 19.6 Å². The first-order valence-electron chi connectivity index (χ1n) is 7.23. The molecule has 0 aliphatic carbocycles. The van der Waals surface area contributed by atoms with Gasteiger partial charge in [-0.2, -0.15) is 0 Å². The lowest BCUT2D eigenvalue weighted by Gasteiger charge is -2.22. The second-order valence-corrected chi connectivity index (χ2v) is 5.52. The molecule has 1 aromatic carbocycles. The summed E-state index contributed by atoms with van der Waals surface area (Å²) in [5, 5.41) is 6.47. The Balaban J connectivity index is 1.84. The SMILES string of the molecule is Cc1cccc(C)c1C(=O)NCCC1CCCNC1. The highest BCUT2D eigenvalue weighted by atomic mass is 16.1. The van der Waals surface area contributed by atoms with E-state index in [1.807, 2.05) is 32.0 Å². The van der Waals surface area contributed by atoms with Crippen molar-refractivity contribution in [2.45, 2.75) is 33.1 Å². The molecule has 19 heavy (non-hydrogen) atoms. The number of aryl methyl sites for hydroxylation is 2. The highest BCUT2D eigenvalue weighted by Crippen LogP contribution is 2.15. The van der Waals surface area contributed by atoms with Gasteiger partial charge in [0, 0.05) is 12.1 Å². The minimum atomic E-state index is 0.0689. The topological polar surface area (TPSA) is 41.1 Å². The van der Waals surface area contributed by atoms with Crippen LogP contribution in [0.5, 0.6) is 0 Å². The molecule has 3 heteroatoms. The molecular formula is C16H24N2O. The summed E-state index contributed by atoms with van der Waals surface area (Å²) in [5.41, 5.74) is 2.94. The summed E-state index contributed by atoms with van der Waals surface area (Å²) in [6.45, 7) is 7.00. The largest absolute Gasteiger partial charge is 0.352 e. The van der Waals surface area contributed by atoms with Crippen LogP contribution in [-0.4, -0.2) is 25.5 Å². The summed E-state index contributed by atoms with van der Waals surface area (Å²) in [6.07, 6.45) is 3.62. The number of amides is 1. The number of piperidine rings is 1. The van der Waals surface area contributed by atoms with Crippen molar-refractivity contribution in [1.29, 1.82) is 0 Å². The first kappa shape index (κ1) is 14.1. The molecule has 1 aliphatic heterocycles. The molecule has 0 radical (unpaired) electrons. The van der Waals surface area contributed by atoms with Gasteiger partial charge in [0.15, 0.2) is 0 Å². The van der Waals surface area contributed by atoms with Crippen LogP contribution in [0.3, 0.4) is 0 Å². The molecule has 0 aromatic heterocycles. The molecule has 1 unspecified atom stereocenters. The van der Waals surface area contributed by atoms with Gasteiger partial charge >= 0.3 is 0 Å². The van der Waals surface area contributed by atoms with E-state index in [2.05, 4.69) is 10.6 Å². The van der Waals surface area contributed by atoms with Crippen LogP contribution in [0.15, 0.2) is 18.2 Å². The van der Waals surface area contributed by atoms with Crippen molar-refractivity contribution in [3.05, 3.63) is 34.9 Å². The first-order chi connectivity index (χ1) is 9.18. The zero-order valence-corrected chi connectivity index (χ0v) is 12.0. The molecule has 1 atom stereocenters. The second kappa shape index (κ2) is 6.71. The summed E-state index contributed by atoms with van der Waals surface area (Å²) >= 11 is 0. The van der Waals surface area contributed by atoms with E-state index < -0.39 is 0 Å². The summed E-state index contributed by atoms with van der Waals surface area (Å²) in [6, 6.07) is 5.98. The molecule has 1 aliphatic rings. The summed E-state index contributed by atoms with van der Waals surface area (Å²) in [7, 11) is 0. The van der Waals surface area contributed by atoms with Gasteiger partial charge in [-0.15, -0.1) is 0 Å². The third-order valence-corrected chi connectivity index (χ3v) is 3.95. The molecule has 0 bridgehead atoms. The smallest absolute Gasteiger partial charge is 0.251 e. The maximum atomic E-state index is 12.2. The maximum absolute atomic E-state index is 12.2. The molecule has 104 valence electrons. The molecule has 1 fully saturated rings. The van der Waals surface area contributed by atoms with Gasteiger partial charge in [0.05, 0.1) is 0 Å². The lowest BCUT2D eigenvalue weighted by atomic mass is 9.96. The number of nitrogens with one attached hydrogen (secondary N) is 2. The normalized spacial score (nSPS) is 19.2. The fourth-order valence-electron chi connectivity index (χ4n) is 2.82. The molecule has 1 saturated heterocycles. The maximum Gasteiger partial charge on any atom is 0.251 e. The van der Waals surface area contributed by atoms with Gasteiger partial charge in [-0.05, 0) is 63.2 Å². The lowest BCUT2D eigenvalue weighted by molar-refractivity contribution is 0.0949. The van der Waals surface area contributed by atoms with Gasteiger partial charge in [0.2, 0.25) is 0 Å². The first-order valence-corrected chi connectivity index (χ1v) is 7.23. The van der Waals surface area contributed by atoms with E-state index in [0.717, 1.165) is 42.7 Å². The Bertz CT molecular complexity index is 416.